The zero-order valence-electron chi connectivity index (χ0n) is 18.0. The predicted octanol–water partition coefficient (Wildman–Crippen LogP) is 2.01. The van der Waals surface area contributed by atoms with E-state index in [2.05, 4.69) is 41.9 Å². The number of hydrogen-bond donors (Lipinski definition) is 0. The number of likely N-dealkylation sites (tertiary alicyclic amines) is 1. The van der Waals surface area contributed by atoms with E-state index in [1.807, 2.05) is 18.2 Å². The third-order valence-electron chi connectivity index (χ3n) is 6.58. The van der Waals surface area contributed by atoms with Crippen LogP contribution in [0.25, 0.3) is 0 Å². The minimum atomic E-state index is -0.573. The lowest BCUT2D eigenvalue weighted by Crippen LogP contribution is -2.45. The molecule has 7 nitrogen and oxygen atoms in total. The first-order valence-electron chi connectivity index (χ1n) is 10.9. The molecule has 160 valence electrons. The average Bonchev–Trinajstić information content (AvgIpc) is 3.30. The van der Waals surface area contributed by atoms with Crippen molar-refractivity contribution in [2.45, 2.75) is 51.7 Å². The fraction of sp³-hybridized carbons (Fsp3) is 0.417. The van der Waals surface area contributed by atoms with E-state index in [1.165, 1.54) is 21.4 Å². The first kappa shape index (κ1) is 19.9. The minimum Gasteiger partial charge on any atom is -0.298 e. The van der Waals surface area contributed by atoms with Gasteiger partial charge in [0.05, 0.1) is 12.2 Å². The van der Waals surface area contributed by atoms with Crippen LogP contribution in [0.5, 0.6) is 0 Å². The van der Waals surface area contributed by atoms with E-state index in [0.29, 0.717) is 6.54 Å². The number of nitrogens with zero attached hydrogens (tertiary/aromatic N) is 5. The van der Waals surface area contributed by atoms with Crippen molar-refractivity contribution in [3.63, 3.8) is 0 Å². The molecule has 3 aromatic rings. The van der Waals surface area contributed by atoms with Crippen LogP contribution >= 0.6 is 0 Å². The van der Waals surface area contributed by atoms with Gasteiger partial charge in [-0.05, 0) is 50.9 Å². The highest BCUT2D eigenvalue weighted by atomic mass is 16.2. The largest absolute Gasteiger partial charge is 0.332 e. The summed E-state index contributed by atoms with van der Waals surface area (Å²) in [4.78, 5) is 32.2. The molecule has 0 bridgehead atoms. The van der Waals surface area contributed by atoms with E-state index < -0.39 is 11.1 Å². The van der Waals surface area contributed by atoms with Crippen LogP contribution < -0.4 is 11.1 Å². The standard InChI is InChI=1S/C24H27N5O2/c1-17-11-18(2)13-19(12-17)14-27-9-6-24(16-27)7-10-28-21(30)22(31)29(26-23(24)28)15-20-5-3-4-8-25-20/h3-5,8,11-13H,6-7,9-10,14-16H2,1-2H3/t24-/m1/s1. The lowest BCUT2D eigenvalue weighted by Gasteiger charge is -2.24. The van der Waals surface area contributed by atoms with E-state index in [0.717, 1.165) is 44.0 Å². The molecule has 1 aromatic carbocycles. The molecule has 2 aliphatic rings. The van der Waals surface area contributed by atoms with Crippen LogP contribution in [0.4, 0.5) is 0 Å². The maximum Gasteiger partial charge on any atom is 0.332 e. The van der Waals surface area contributed by atoms with E-state index in [4.69, 9.17) is 5.10 Å². The van der Waals surface area contributed by atoms with Gasteiger partial charge in [-0.2, -0.15) is 5.10 Å². The van der Waals surface area contributed by atoms with Gasteiger partial charge in [0.1, 0.15) is 5.82 Å². The average molecular weight is 418 g/mol. The molecule has 0 aliphatic carbocycles. The second-order valence-corrected chi connectivity index (χ2v) is 9.05. The molecule has 0 N–H and O–H groups in total. The molecule has 0 saturated carbocycles. The Hall–Kier alpha value is -3.06. The first-order valence-corrected chi connectivity index (χ1v) is 10.9. The van der Waals surface area contributed by atoms with Crippen LogP contribution in [0.1, 0.15) is 41.1 Å². The van der Waals surface area contributed by atoms with Crippen LogP contribution in [-0.2, 0) is 25.0 Å². The minimum absolute atomic E-state index is 0.169. The van der Waals surface area contributed by atoms with Crippen LogP contribution in [0.2, 0.25) is 0 Å². The Morgan fingerprint density at radius 2 is 1.74 bits per heavy atom. The Bertz CT molecular complexity index is 1230. The molecule has 2 aliphatic heterocycles. The summed E-state index contributed by atoms with van der Waals surface area (Å²) in [5, 5.41) is 4.71. The van der Waals surface area contributed by atoms with Crippen molar-refractivity contribution in [3.8, 4) is 0 Å². The Labute approximate surface area is 181 Å². The van der Waals surface area contributed by atoms with Gasteiger partial charge in [-0.15, -0.1) is 0 Å². The van der Waals surface area contributed by atoms with Gasteiger partial charge >= 0.3 is 11.1 Å². The smallest absolute Gasteiger partial charge is 0.298 e. The Morgan fingerprint density at radius 3 is 2.48 bits per heavy atom. The Balaban J connectivity index is 1.44. The third kappa shape index (κ3) is 3.63. The van der Waals surface area contributed by atoms with Gasteiger partial charge in [0.15, 0.2) is 0 Å². The highest BCUT2D eigenvalue weighted by Gasteiger charge is 2.47. The maximum atomic E-state index is 12.8. The molecule has 0 radical (unpaired) electrons. The van der Waals surface area contributed by atoms with E-state index in [1.54, 1.807) is 10.8 Å². The lowest BCUT2D eigenvalue weighted by molar-refractivity contribution is 0.298. The van der Waals surface area contributed by atoms with Crippen molar-refractivity contribution in [1.29, 1.82) is 0 Å². The molecule has 4 heterocycles. The summed E-state index contributed by atoms with van der Waals surface area (Å²) in [6, 6.07) is 12.2. The first-order chi connectivity index (χ1) is 14.9. The summed E-state index contributed by atoms with van der Waals surface area (Å²) in [6.45, 7) is 7.75. The second-order valence-electron chi connectivity index (χ2n) is 9.05. The molecule has 1 fully saturated rings. The van der Waals surface area contributed by atoms with E-state index in [9.17, 15) is 9.59 Å². The summed E-state index contributed by atoms with van der Waals surface area (Å²) in [5.41, 5.74) is 3.39. The topological polar surface area (TPSA) is 73.0 Å². The van der Waals surface area contributed by atoms with Gasteiger partial charge in [-0.3, -0.25) is 24.0 Å². The summed E-state index contributed by atoms with van der Waals surface area (Å²) >= 11 is 0. The lowest BCUT2D eigenvalue weighted by atomic mass is 9.85. The molecule has 1 spiro atoms. The number of aromatic nitrogens is 4. The molecule has 7 heteroatoms. The van der Waals surface area contributed by atoms with Crippen LogP contribution in [0.15, 0.2) is 52.2 Å². The predicted molar refractivity (Wildman–Crippen MR) is 118 cm³/mol. The van der Waals surface area contributed by atoms with Gasteiger partial charge in [0, 0.05) is 31.2 Å². The fourth-order valence-corrected chi connectivity index (χ4v) is 5.22. The van der Waals surface area contributed by atoms with E-state index in [-0.39, 0.29) is 12.0 Å². The molecule has 0 amide bonds. The zero-order valence-corrected chi connectivity index (χ0v) is 18.0. The van der Waals surface area contributed by atoms with Crippen molar-refractivity contribution in [2.24, 2.45) is 0 Å². The molecular formula is C24H27N5O2. The molecule has 2 aromatic heterocycles. The SMILES string of the molecule is Cc1cc(C)cc(CN2CC[C@@]3(CCn4c3nn(Cc3ccccn3)c(=O)c4=O)C2)c1. The van der Waals surface area contributed by atoms with Gasteiger partial charge in [-0.25, -0.2) is 4.68 Å². The number of hydrogen-bond acceptors (Lipinski definition) is 5. The van der Waals surface area contributed by atoms with Gasteiger partial charge in [-0.1, -0.05) is 35.4 Å². The summed E-state index contributed by atoms with van der Waals surface area (Å²) in [5.74, 6) is 0.760. The van der Waals surface area contributed by atoms with E-state index >= 15 is 0 Å². The normalized spacial score (nSPS) is 20.5. The summed E-state index contributed by atoms with van der Waals surface area (Å²) < 4.78 is 2.91. The summed E-state index contributed by atoms with van der Waals surface area (Å²) in [7, 11) is 0. The number of benzene rings is 1. The van der Waals surface area contributed by atoms with Crippen LogP contribution in [0, 0.1) is 13.8 Å². The Morgan fingerprint density at radius 1 is 0.968 bits per heavy atom. The molecule has 1 saturated heterocycles. The second kappa shape index (κ2) is 7.57. The number of pyridine rings is 1. The van der Waals surface area contributed by atoms with Crippen molar-refractivity contribution >= 4 is 0 Å². The fourth-order valence-electron chi connectivity index (χ4n) is 5.22. The summed E-state index contributed by atoms with van der Waals surface area (Å²) in [6.07, 6.45) is 3.49. The molecule has 31 heavy (non-hydrogen) atoms. The highest BCUT2D eigenvalue weighted by Crippen LogP contribution is 2.40. The van der Waals surface area contributed by atoms with Gasteiger partial charge in [0.2, 0.25) is 0 Å². The molecule has 1 atom stereocenters. The Kier molecular flexibility index (Phi) is 4.85. The monoisotopic (exact) mass is 417 g/mol. The van der Waals surface area contributed by atoms with Crippen LogP contribution in [-0.4, -0.2) is 37.3 Å². The van der Waals surface area contributed by atoms with Crippen molar-refractivity contribution in [1.82, 2.24) is 24.2 Å². The van der Waals surface area contributed by atoms with Crippen molar-refractivity contribution < 1.29 is 0 Å². The number of aryl methyl sites for hydroxylation is 2. The number of fused-ring (bicyclic) bond motifs is 2. The van der Waals surface area contributed by atoms with Gasteiger partial charge in [0.25, 0.3) is 0 Å². The van der Waals surface area contributed by atoms with Crippen molar-refractivity contribution in [3.05, 3.63) is 91.5 Å². The molecule has 5 rings (SSSR count). The quantitative estimate of drug-likeness (QED) is 0.607. The van der Waals surface area contributed by atoms with Crippen LogP contribution in [0.3, 0.4) is 0 Å². The van der Waals surface area contributed by atoms with Crippen molar-refractivity contribution in [2.75, 3.05) is 13.1 Å². The van der Waals surface area contributed by atoms with Gasteiger partial charge < -0.3 is 0 Å². The molecule has 0 unspecified atom stereocenters. The zero-order chi connectivity index (χ0) is 21.6. The maximum absolute atomic E-state index is 12.8. The molecular weight excluding hydrogens is 390 g/mol. The number of rotatable bonds is 4. The highest BCUT2D eigenvalue weighted by molar-refractivity contribution is 5.29. The third-order valence-corrected chi connectivity index (χ3v) is 6.58.